The first kappa shape index (κ1) is 17.8. The lowest BCUT2D eigenvalue weighted by molar-refractivity contribution is -0.133. The van der Waals surface area contributed by atoms with E-state index in [1.807, 2.05) is 24.3 Å². The van der Waals surface area contributed by atoms with Gasteiger partial charge in [-0.25, -0.2) is 0 Å². The molecule has 0 saturated heterocycles. The second kappa shape index (κ2) is 7.18. The molecule has 4 saturated carbocycles. The van der Waals surface area contributed by atoms with Gasteiger partial charge in [0.25, 0.3) is 5.91 Å². The van der Waals surface area contributed by atoms with Gasteiger partial charge in [-0.3, -0.25) is 20.4 Å². The van der Waals surface area contributed by atoms with E-state index in [9.17, 15) is 9.59 Å². The standard InChI is InChI=1S/C21H25BrN2O2/c22-18-4-1-14(2-5-18)3-6-19(25)23-24-20(26)13-21-10-15-7-16(11-21)9-17(8-15)12-21/h1-6,15-17H,7-13H2,(H,23,25)(H,24,26)/b6-3+. The molecular weight excluding hydrogens is 392 g/mol. The molecule has 0 spiro atoms. The highest BCUT2D eigenvalue weighted by atomic mass is 79.9. The molecule has 1 aromatic rings. The molecule has 0 aromatic heterocycles. The Kier molecular flexibility index (Phi) is 4.91. The number of rotatable bonds is 4. The number of hydrogen-bond acceptors (Lipinski definition) is 2. The van der Waals surface area contributed by atoms with Gasteiger partial charge in [0.15, 0.2) is 0 Å². The van der Waals surface area contributed by atoms with Gasteiger partial charge in [-0.2, -0.15) is 0 Å². The van der Waals surface area contributed by atoms with Crippen molar-refractivity contribution in [3.8, 4) is 0 Å². The van der Waals surface area contributed by atoms with Gasteiger partial charge in [0.1, 0.15) is 0 Å². The van der Waals surface area contributed by atoms with Crippen molar-refractivity contribution in [3.05, 3.63) is 40.4 Å². The van der Waals surface area contributed by atoms with Crippen LogP contribution in [0.4, 0.5) is 0 Å². The van der Waals surface area contributed by atoms with Crippen LogP contribution in [-0.4, -0.2) is 11.8 Å². The van der Waals surface area contributed by atoms with Crippen molar-refractivity contribution in [2.24, 2.45) is 23.2 Å². The number of halogens is 1. The van der Waals surface area contributed by atoms with E-state index in [1.165, 1.54) is 44.6 Å². The number of hydrogen-bond donors (Lipinski definition) is 2. The molecule has 4 bridgehead atoms. The number of nitrogens with one attached hydrogen (secondary N) is 2. The van der Waals surface area contributed by atoms with E-state index in [0.29, 0.717) is 6.42 Å². The summed E-state index contributed by atoms with van der Waals surface area (Å²) in [5.74, 6) is 2.12. The van der Waals surface area contributed by atoms with E-state index in [0.717, 1.165) is 27.8 Å². The number of carbonyl (C=O) groups is 2. The first-order chi connectivity index (χ1) is 12.5. The second-order valence-electron chi connectivity index (χ2n) is 8.52. The zero-order valence-corrected chi connectivity index (χ0v) is 16.4. The summed E-state index contributed by atoms with van der Waals surface area (Å²) in [4.78, 5) is 24.3. The molecule has 26 heavy (non-hydrogen) atoms. The molecule has 1 aromatic carbocycles. The van der Waals surface area contributed by atoms with Crippen LogP contribution in [0.2, 0.25) is 0 Å². The molecule has 0 heterocycles. The molecule has 0 atom stereocenters. The van der Waals surface area contributed by atoms with Gasteiger partial charge in [0, 0.05) is 17.0 Å². The maximum Gasteiger partial charge on any atom is 0.262 e. The van der Waals surface area contributed by atoms with E-state index in [4.69, 9.17) is 0 Å². The summed E-state index contributed by atoms with van der Waals surface area (Å²) in [6.07, 6.45) is 11.4. The fourth-order valence-corrected chi connectivity index (χ4v) is 6.07. The summed E-state index contributed by atoms with van der Waals surface area (Å²) in [6.45, 7) is 0. The Balaban J connectivity index is 1.26. The van der Waals surface area contributed by atoms with E-state index >= 15 is 0 Å². The molecule has 5 rings (SSSR count). The number of benzene rings is 1. The minimum atomic E-state index is -0.313. The normalized spacial score (nSPS) is 32.0. The Labute approximate surface area is 162 Å². The van der Waals surface area contributed by atoms with Crippen LogP contribution in [-0.2, 0) is 9.59 Å². The Morgan fingerprint density at radius 1 is 1.00 bits per heavy atom. The van der Waals surface area contributed by atoms with Crippen LogP contribution in [0.15, 0.2) is 34.8 Å². The average Bonchev–Trinajstić information content (AvgIpc) is 2.58. The summed E-state index contributed by atoms with van der Waals surface area (Å²) >= 11 is 3.38. The molecule has 0 radical (unpaired) electrons. The third-order valence-corrected chi connectivity index (χ3v) is 6.85. The van der Waals surface area contributed by atoms with Crippen LogP contribution in [0, 0.1) is 23.2 Å². The summed E-state index contributed by atoms with van der Waals surface area (Å²) in [5.41, 5.74) is 6.24. The molecule has 0 aliphatic heterocycles. The zero-order chi connectivity index (χ0) is 18.1. The quantitative estimate of drug-likeness (QED) is 0.570. The van der Waals surface area contributed by atoms with Crippen molar-refractivity contribution < 1.29 is 9.59 Å². The highest BCUT2D eigenvalue weighted by Crippen LogP contribution is 2.61. The number of hydrazine groups is 1. The van der Waals surface area contributed by atoms with Crippen LogP contribution >= 0.6 is 15.9 Å². The molecule has 4 aliphatic carbocycles. The molecule has 5 heteroatoms. The first-order valence-electron chi connectivity index (χ1n) is 9.52. The number of carbonyl (C=O) groups excluding carboxylic acids is 2. The maximum atomic E-state index is 12.4. The van der Waals surface area contributed by atoms with Gasteiger partial charge in [-0.05, 0) is 85.5 Å². The topological polar surface area (TPSA) is 58.2 Å². The Hall–Kier alpha value is -1.62. The smallest absolute Gasteiger partial charge is 0.262 e. The van der Waals surface area contributed by atoms with E-state index in [-0.39, 0.29) is 17.2 Å². The third kappa shape index (κ3) is 4.03. The predicted molar refractivity (Wildman–Crippen MR) is 105 cm³/mol. The van der Waals surface area contributed by atoms with E-state index < -0.39 is 0 Å². The monoisotopic (exact) mass is 416 g/mol. The number of amides is 2. The van der Waals surface area contributed by atoms with Crippen molar-refractivity contribution in [1.82, 2.24) is 10.9 Å². The fraction of sp³-hybridized carbons (Fsp3) is 0.524. The molecule has 4 fully saturated rings. The second-order valence-corrected chi connectivity index (χ2v) is 9.43. The Bertz CT molecular complexity index is 691. The van der Waals surface area contributed by atoms with Crippen LogP contribution in [0.25, 0.3) is 6.08 Å². The highest BCUT2D eigenvalue weighted by molar-refractivity contribution is 9.10. The summed E-state index contributed by atoms with van der Waals surface area (Å²) < 4.78 is 0.996. The molecule has 0 unspecified atom stereocenters. The minimum absolute atomic E-state index is 0.0580. The lowest BCUT2D eigenvalue weighted by atomic mass is 9.49. The minimum Gasteiger partial charge on any atom is -0.273 e. The van der Waals surface area contributed by atoms with Gasteiger partial charge < -0.3 is 0 Å². The van der Waals surface area contributed by atoms with Crippen molar-refractivity contribution in [3.63, 3.8) is 0 Å². The SMILES string of the molecule is O=C(/C=C/c1ccc(Br)cc1)NNC(=O)CC12CC3CC(CC(C3)C1)C2. The van der Waals surface area contributed by atoms with Crippen molar-refractivity contribution in [1.29, 1.82) is 0 Å². The van der Waals surface area contributed by atoms with Gasteiger partial charge >= 0.3 is 0 Å². The molecular formula is C21H25BrN2O2. The summed E-state index contributed by atoms with van der Waals surface area (Å²) in [7, 11) is 0. The van der Waals surface area contributed by atoms with Crippen LogP contribution in [0.3, 0.4) is 0 Å². The van der Waals surface area contributed by atoms with Crippen LogP contribution < -0.4 is 10.9 Å². The first-order valence-corrected chi connectivity index (χ1v) is 10.3. The highest BCUT2D eigenvalue weighted by Gasteiger charge is 2.51. The molecule has 2 N–H and O–H groups in total. The average molecular weight is 417 g/mol. The fourth-order valence-electron chi connectivity index (χ4n) is 5.81. The lowest BCUT2D eigenvalue weighted by Gasteiger charge is -2.56. The summed E-state index contributed by atoms with van der Waals surface area (Å²) in [5, 5.41) is 0. The third-order valence-electron chi connectivity index (χ3n) is 6.32. The maximum absolute atomic E-state index is 12.4. The predicted octanol–water partition coefficient (Wildman–Crippen LogP) is 4.22. The van der Waals surface area contributed by atoms with Gasteiger partial charge in [0.2, 0.25) is 5.91 Å². The van der Waals surface area contributed by atoms with Gasteiger partial charge in [-0.15, -0.1) is 0 Å². The lowest BCUT2D eigenvalue weighted by Crippen LogP contribution is -2.49. The Morgan fingerprint density at radius 2 is 1.58 bits per heavy atom. The van der Waals surface area contributed by atoms with Crippen molar-refractivity contribution in [2.75, 3.05) is 0 Å². The Morgan fingerprint density at radius 3 is 2.15 bits per heavy atom. The van der Waals surface area contributed by atoms with Crippen molar-refractivity contribution >= 4 is 33.8 Å². The van der Waals surface area contributed by atoms with Crippen molar-refractivity contribution in [2.45, 2.75) is 44.9 Å². The largest absolute Gasteiger partial charge is 0.273 e. The van der Waals surface area contributed by atoms with Crippen LogP contribution in [0.5, 0.6) is 0 Å². The van der Waals surface area contributed by atoms with E-state index in [2.05, 4.69) is 26.8 Å². The van der Waals surface area contributed by atoms with E-state index in [1.54, 1.807) is 6.08 Å². The molecule has 4 nitrogen and oxygen atoms in total. The van der Waals surface area contributed by atoms with Crippen LogP contribution in [0.1, 0.15) is 50.5 Å². The summed E-state index contributed by atoms with van der Waals surface area (Å²) in [6, 6.07) is 7.68. The molecule has 138 valence electrons. The molecule has 4 aliphatic rings. The van der Waals surface area contributed by atoms with Gasteiger partial charge in [0.05, 0.1) is 0 Å². The molecule has 2 amide bonds. The zero-order valence-electron chi connectivity index (χ0n) is 14.8. The van der Waals surface area contributed by atoms with Gasteiger partial charge in [-0.1, -0.05) is 28.1 Å².